The molecule has 0 aromatic heterocycles. The molecular weight excluding hydrogens is 188 g/mol. The first-order valence-corrected chi connectivity index (χ1v) is 5.50. The number of thioether (sulfide) groups is 1. The van der Waals surface area contributed by atoms with Gasteiger partial charge < -0.3 is 4.74 Å². The number of hydrogen-bond acceptors (Lipinski definition) is 3. The van der Waals surface area contributed by atoms with Crippen LogP contribution >= 0.6 is 24.0 Å². The standard InChI is InChI=1S/C9H16OS2/c1-4-6-12-9(11)10-7-8(3)5-2/h4,8H,1,5-7H2,2-3H3. The monoisotopic (exact) mass is 204 g/mol. The normalized spacial score (nSPS) is 12.2. The van der Waals surface area contributed by atoms with Crippen LogP contribution in [0.1, 0.15) is 20.3 Å². The molecule has 0 fully saturated rings. The number of ether oxygens (including phenoxy) is 1. The van der Waals surface area contributed by atoms with Crippen molar-refractivity contribution in [2.45, 2.75) is 20.3 Å². The Labute approximate surface area is 84.6 Å². The van der Waals surface area contributed by atoms with E-state index in [-0.39, 0.29) is 0 Å². The molecule has 12 heavy (non-hydrogen) atoms. The highest BCUT2D eigenvalue weighted by Gasteiger charge is 2.01. The van der Waals surface area contributed by atoms with E-state index in [1.165, 1.54) is 11.8 Å². The Morgan fingerprint density at radius 2 is 2.42 bits per heavy atom. The third-order valence-electron chi connectivity index (χ3n) is 1.50. The zero-order valence-electron chi connectivity index (χ0n) is 7.71. The van der Waals surface area contributed by atoms with E-state index in [9.17, 15) is 0 Å². The molecule has 0 rings (SSSR count). The van der Waals surface area contributed by atoms with Crippen LogP contribution in [0.3, 0.4) is 0 Å². The van der Waals surface area contributed by atoms with Crippen LogP contribution in [0.2, 0.25) is 0 Å². The van der Waals surface area contributed by atoms with Gasteiger partial charge in [-0.15, -0.1) is 6.58 Å². The van der Waals surface area contributed by atoms with Gasteiger partial charge in [0.05, 0.1) is 6.61 Å². The Bertz CT molecular complexity index is 145. The van der Waals surface area contributed by atoms with E-state index in [1.807, 2.05) is 6.08 Å². The van der Waals surface area contributed by atoms with Crippen LogP contribution in [0.4, 0.5) is 0 Å². The second kappa shape index (κ2) is 7.62. The third kappa shape index (κ3) is 6.68. The fourth-order valence-electron chi connectivity index (χ4n) is 0.497. The lowest BCUT2D eigenvalue weighted by Crippen LogP contribution is -2.07. The van der Waals surface area contributed by atoms with Crippen LogP contribution in [0.15, 0.2) is 12.7 Å². The maximum Gasteiger partial charge on any atom is 0.220 e. The highest BCUT2D eigenvalue weighted by Crippen LogP contribution is 2.08. The summed E-state index contributed by atoms with van der Waals surface area (Å²) in [5.41, 5.74) is 0. The molecule has 0 N–H and O–H groups in total. The van der Waals surface area contributed by atoms with E-state index < -0.39 is 0 Å². The van der Waals surface area contributed by atoms with Crippen LogP contribution in [0.5, 0.6) is 0 Å². The smallest absolute Gasteiger partial charge is 0.220 e. The molecule has 0 aliphatic carbocycles. The maximum atomic E-state index is 5.34. The van der Waals surface area contributed by atoms with Crippen molar-refractivity contribution in [1.29, 1.82) is 0 Å². The molecule has 3 heteroatoms. The topological polar surface area (TPSA) is 9.23 Å². The van der Waals surface area contributed by atoms with Crippen molar-refractivity contribution in [3.63, 3.8) is 0 Å². The van der Waals surface area contributed by atoms with Crippen molar-refractivity contribution >= 4 is 28.4 Å². The van der Waals surface area contributed by atoms with Gasteiger partial charge in [-0.05, 0) is 18.1 Å². The minimum atomic E-state index is 0.590. The predicted molar refractivity (Wildman–Crippen MR) is 60.7 cm³/mol. The van der Waals surface area contributed by atoms with Crippen LogP contribution in [0.25, 0.3) is 0 Å². The van der Waals surface area contributed by atoms with E-state index in [0.29, 0.717) is 10.3 Å². The summed E-state index contributed by atoms with van der Waals surface area (Å²) in [5, 5.41) is 0. The lowest BCUT2D eigenvalue weighted by molar-refractivity contribution is 0.258. The molecule has 70 valence electrons. The highest BCUT2D eigenvalue weighted by molar-refractivity contribution is 8.22. The number of rotatable bonds is 5. The Hall–Kier alpha value is -0.0200. The van der Waals surface area contributed by atoms with Gasteiger partial charge in [0.15, 0.2) is 0 Å². The van der Waals surface area contributed by atoms with Gasteiger partial charge in [-0.1, -0.05) is 38.1 Å². The lowest BCUT2D eigenvalue weighted by Gasteiger charge is -2.10. The SMILES string of the molecule is C=CCSC(=S)OCC(C)CC. The van der Waals surface area contributed by atoms with Crippen LogP contribution in [-0.4, -0.2) is 16.7 Å². The molecule has 0 saturated heterocycles. The molecular formula is C9H16OS2. The second-order valence-electron chi connectivity index (χ2n) is 2.67. The molecule has 1 unspecified atom stereocenters. The van der Waals surface area contributed by atoms with Gasteiger partial charge >= 0.3 is 0 Å². The van der Waals surface area contributed by atoms with Gasteiger partial charge in [0, 0.05) is 5.75 Å². The van der Waals surface area contributed by atoms with Gasteiger partial charge in [-0.3, -0.25) is 0 Å². The summed E-state index contributed by atoms with van der Waals surface area (Å²) in [6.45, 7) is 8.64. The predicted octanol–water partition coefficient (Wildman–Crippen LogP) is 3.25. The first-order chi connectivity index (χ1) is 5.70. The molecule has 0 heterocycles. The van der Waals surface area contributed by atoms with E-state index in [1.54, 1.807) is 0 Å². The summed E-state index contributed by atoms with van der Waals surface area (Å²) >= 11 is 6.50. The minimum Gasteiger partial charge on any atom is -0.478 e. The van der Waals surface area contributed by atoms with Crippen molar-refractivity contribution < 1.29 is 4.74 Å². The van der Waals surface area contributed by atoms with E-state index in [4.69, 9.17) is 17.0 Å². The summed E-state index contributed by atoms with van der Waals surface area (Å²) in [6, 6.07) is 0. The molecule has 0 saturated carbocycles. The van der Waals surface area contributed by atoms with E-state index >= 15 is 0 Å². The fourth-order valence-corrected chi connectivity index (χ4v) is 1.17. The Balaban J connectivity index is 3.36. The first kappa shape index (κ1) is 12.0. The van der Waals surface area contributed by atoms with Crippen LogP contribution in [0, 0.1) is 5.92 Å². The second-order valence-corrected chi connectivity index (χ2v) is 4.30. The molecule has 0 aromatic rings. The molecule has 1 atom stereocenters. The van der Waals surface area contributed by atoms with E-state index in [0.717, 1.165) is 18.8 Å². The lowest BCUT2D eigenvalue weighted by atomic mass is 10.1. The number of hydrogen-bond donors (Lipinski definition) is 0. The number of thiocarbonyl (C=S) groups is 1. The van der Waals surface area contributed by atoms with Gasteiger partial charge in [-0.25, -0.2) is 0 Å². The maximum absolute atomic E-state index is 5.34. The van der Waals surface area contributed by atoms with Gasteiger partial charge in [-0.2, -0.15) is 0 Å². The van der Waals surface area contributed by atoms with Crippen molar-refractivity contribution in [2.24, 2.45) is 5.92 Å². The molecule has 0 spiro atoms. The van der Waals surface area contributed by atoms with Crippen molar-refractivity contribution in [3.8, 4) is 0 Å². The molecule has 0 aliphatic rings. The quantitative estimate of drug-likeness (QED) is 0.502. The zero-order chi connectivity index (χ0) is 9.40. The molecule has 0 bridgehead atoms. The highest BCUT2D eigenvalue weighted by atomic mass is 32.2. The minimum absolute atomic E-state index is 0.590. The summed E-state index contributed by atoms with van der Waals surface area (Å²) in [7, 11) is 0. The average Bonchev–Trinajstić information content (AvgIpc) is 2.10. The summed E-state index contributed by atoms with van der Waals surface area (Å²) < 4.78 is 5.98. The largest absolute Gasteiger partial charge is 0.478 e. The molecule has 0 aromatic carbocycles. The molecule has 0 amide bonds. The average molecular weight is 204 g/mol. The fraction of sp³-hybridized carbons (Fsp3) is 0.667. The Kier molecular flexibility index (Phi) is 7.61. The summed E-state index contributed by atoms with van der Waals surface area (Å²) in [4.78, 5) is 0. The molecule has 1 nitrogen and oxygen atoms in total. The van der Waals surface area contributed by atoms with Crippen molar-refractivity contribution in [2.75, 3.05) is 12.4 Å². The Morgan fingerprint density at radius 1 is 1.75 bits per heavy atom. The molecule has 0 radical (unpaired) electrons. The van der Waals surface area contributed by atoms with Crippen LogP contribution in [-0.2, 0) is 4.74 Å². The van der Waals surface area contributed by atoms with E-state index in [2.05, 4.69) is 20.4 Å². The van der Waals surface area contributed by atoms with Gasteiger partial charge in [0.2, 0.25) is 4.38 Å². The van der Waals surface area contributed by atoms with Gasteiger partial charge in [0.1, 0.15) is 0 Å². The summed E-state index contributed by atoms with van der Waals surface area (Å²) in [5.74, 6) is 1.42. The molecule has 0 aliphatic heterocycles. The Morgan fingerprint density at radius 3 is 2.92 bits per heavy atom. The summed E-state index contributed by atoms with van der Waals surface area (Å²) in [6.07, 6.45) is 2.96. The zero-order valence-corrected chi connectivity index (χ0v) is 9.34. The van der Waals surface area contributed by atoms with Gasteiger partial charge in [0.25, 0.3) is 0 Å². The van der Waals surface area contributed by atoms with Crippen LogP contribution < -0.4 is 0 Å². The van der Waals surface area contributed by atoms with Crippen molar-refractivity contribution in [1.82, 2.24) is 0 Å². The third-order valence-corrected chi connectivity index (χ3v) is 2.73. The first-order valence-electron chi connectivity index (χ1n) is 4.11. The van der Waals surface area contributed by atoms with Crippen molar-refractivity contribution in [3.05, 3.63) is 12.7 Å².